The molecule has 0 aromatic heterocycles. The van der Waals surface area contributed by atoms with Crippen molar-refractivity contribution in [1.29, 1.82) is 0 Å². The van der Waals surface area contributed by atoms with E-state index in [0.717, 1.165) is 45.0 Å². The van der Waals surface area contributed by atoms with Gasteiger partial charge in [0, 0.05) is 37.8 Å². The molecule has 2 heterocycles. The van der Waals surface area contributed by atoms with Crippen LogP contribution >= 0.6 is 0 Å². The molecule has 110 valence electrons. The molecule has 3 rings (SSSR count). The van der Waals surface area contributed by atoms with Crippen molar-refractivity contribution in [3.8, 4) is 5.75 Å². The van der Waals surface area contributed by atoms with Gasteiger partial charge in [0.25, 0.3) is 0 Å². The first kappa shape index (κ1) is 13.9. The maximum Gasteiger partial charge on any atom is 0.123 e. The van der Waals surface area contributed by atoms with Crippen LogP contribution in [0.25, 0.3) is 0 Å². The second-order valence-electron chi connectivity index (χ2n) is 5.79. The highest BCUT2D eigenvalue weighted by molar-refractivity contribution is 5.33. The number of likely N-dealkylation sites (N-methyl/N-ethyl adjacent to an activating group) is 1. The number of hydrogen-bond donors (Lipinski definition) is 0. The van der Waals surface area contributed by atoms with E-state index in [9.17, 15) is 0 Å². The molecule has 4 nitrogen and oxygen atoms in total. The van der Waals surface area contributed by atoms with Crippen molar-refractivity contribution in [2.45, 2.75) is 25.1 Å². The van der Waals surface area contributed by atoms with Crippen molar-refractivity contribution >= 4 is 0 Å². The number of methoxy groups -OCH3 is 1. The first-order valence-corrected chi connectivity index (χ1v) is 7.44. The molecule has 0 N–H and O–H groups in total. The van der Waals surface area contributed by atoms with Crippen molar-refractivity contribution in [1.82, 2.24) is 9.80 Å². The normalized spacial score (nSPS) is 28.1. The lowest BCUT2D eigenvalue weighted by atomic mass is 9.98. The van der Waals surface area contributed by atoms with E-state index in [0.29, 0.717) is 12.1 Å². The summed E-state index contributed by atoms with van der Waals surface area (Å²) in [6.07, 6.45) is 1.55. The highest BCUT2D eigenvalue weighted by Crippen LogP contribution is 2.25. The molecule has 2 saturated heterocycles. The Balaban J connectivity index is 1.66. The second-order valence-corrected chi connectivity index (χ2v) is 5.79. The van der Waals surface area contributed by atoms with Crippen molar-refractivity contribution < 1.29 is 9.47 Å². The van der Waals surface area contributed by atoms with E-state index >= 15 is 0 Å². The van der Waals surface area contributed by atoms with Crippen LogP contribution in [0.1, 0.15) is 12.0 Å². The van der Waals surface area contributed by atoms with Crippen LogP contribution in [0.2, 0.25) is 0 Å². The first-order chi connectivity index (χ1) is 9.78. The van der Waals surface area contributed by atoms with Gasteiger partial charge in [0.05, 0.1) is 19.8 Å². The number of ether oxygens (including phenoxy) is 2. The Kier molecular flexibility index (Phi) is 4.24. The van der Waals surface area contributed by atoms with Gasteiger partial charge >= 0.3 is 0 Å². The predicted octanol–water partition coefficient (Wildman–Crippen LogP) is 1.60. The molecule has 1 aromatic rings. The Labute approximate surface area is 121 Å². The third-order valence-electron chi connectivity index (χ3n) is 4.53. The van der Waals surface area contributed by atoms with E-state index < -0.39 is 0 Å². The molecule has 0 unspecified atom stereocenters. The molecule has 0 aliphatic carbocycles. The molecule has 2 aliphatic rings. The van der Waals surface area contributed by atoms with Crippen LogP contribution in [0, 0.1) is 0 Å². The van der Waals surface area contributed by atoms with Gasteiger partial charge in [-0.25, -0.2) is 0 Å². The number of para-hydroxylation sites is 1. The molecular weight excluding hydrogens is 252 g/mol. The van der Waals surface area contributed by atoms with Crippen LogP contribution in [0.3, 0.4) is 0 Å². The second kappa shape index (κ2) is 6.12. The van der Waals surface area contributed by atoms with Crippen LogP contribution in [-0.2, 0) is 11.3 Å². The minimum Gasteiger partial charge on any atom is -0.496 e. The van der Waals surface area contributed by atoms with E-state index in [4.69, 9.17) is 9.47 Å². The molecule has 2 fully saturated rings. The molecule has 20 heavy (non-hydrogen) atoms. The molecule has 0 bridgehead atoms. The fourth-order valence-corrected chi connectivity index (χ4v) is 3.33. The summed E-state index contributed by atoms with van der Waals surface area (Å²) < 4.78 is 11.4. The van der Waals surface area contributed by atoms with Gasteiger partial charge in [-0.15, -0.1) is 0 Å². The van der Waals surface area contributed by atoms with Crippen LogP contribution in [0.15, 0.2) is 24.3 Å². The van der Waals surface area contributed by atoms with Gasteiger partial charge in [-0.3, -0.25) is 9.80 Å². The summed E-state index contributed by atoms with van der Waals surface area (Å²) >= 11 is 0. The van der Waals surface area contributed by atoms with Gasteiger partial charge in [0.2, 0.25) is 0 Å². The van der Waals surface area contributed by atoms with Gasteiger partial charge in [-0.2, -0.15) is 0 Å². The molecule has 0 amide bonds. The van der Waals surface area contributed by atoms with Crippen LogP contribution in [0.5, 0.6) is 5.75 Å². The lowest BCUT2D eigenvalue weighted by Crippen LogP contribution is -2.58. The molecule has 0 spiro atoms. The average Bonchev–Trinajstić information content (AvgIpc) is 2.49. The average molecular weight is 276 g/mol. The monoisotopic (exact) mass is 276 g/mol. The Hall–Kier alpha value is -1.10. The van der Waals surface area contributed by atoms with Crippen molar-refractivity contribution in [3.05, 3.63) is 29.8 Å². The lowest BCUT2D eigenvalue weighted by molar-refractivity contribution is -0.0957. The highest BCUT2D eigenvalue weighted by Gasteiger charge is 2.35. The highest BCUT2D eigenvalue weighted by atomic mass is 16.5. The number of piperidine rings is 1. The molecule has 2 atom stereocenters. The zero-order valence-corrected chi connectivity index (χ0v) is 12.4. The zero-order valence-electron chi connectivity index (χ0n) is 12.4. The fourth-order valence-electron chi connectivity index (χ4n) is 3.33. The molecule has 4 heteroatoms. The Morgan fingerprint density at radius 2 is 2.15 bits per heavy atom. The quantitative estimate of drug-likeness (QED) is 0.837. The van der Waals surface area contributed by atoms with Gasteiger partial charge in [0.15, 0.2) is 0 Å². The summed E-state index contributed by atoms with van der Waals surface area (Å²) in [6, 6.07) is 8.84. The molecular formula is C16H24N2O2. The summed E-state index contributed by atoms with van der Waals surface area (Å²) in [4.78, 5) is 4.97. The summed E-state index contributed by atoms with van der Waals surface area (Å²) in [6.45, 7) is 5.07. The topological polar surface area (TPSA) is 24.9 Å². The summed E-state index contributed by atoms with van der Waals surface area (Å²) in [5.74, 6) is 0.989. The largest absolute Gasteiger partial charge is 0.496 e. The van der Waals surface area contributed by atoms with Crippen LogP contribution in [0.4, 0.5) is 0 Å². The minimum atomic E-state index is 0.419. The number of benzene rings is 1. The van der Waals surface area contributed by atoms with Gasteiger partial charge in [-0.1, -0.05) is 18.2 Å². The van der Waals surface area contributed by atoms with Gasteiger partial charge in [-0.05, 0) is 19.5 Å². The van der Waals surface area contributed by atoms with E-state index in [1.54, 1.807) is 7.11 Å². The number of nitrogens with zero attached hydrogens (tertiary/aromatic N) is 2. The number of likely N-dealkylation sites (tertiary alicyclic amines) is 1. The third kappa shape index (κ3) is 2.82. The van der Waals surface area contributed by atoms with E-state index in [-0.39, 0.29) is 0 Å². The van der Waals surface area contributed by atoms with E-state index in [1.165, 1.54) is 5.56 Å². The van der Waals surface area contributed by atoms with Gasteiger partial charge < -0.3 is 9.47 Å². The Bertz CT molecular complexity index is 452. The van der Waals surface area contributed by atoms with Crippen molar-refractivity contribution in [3.63, 3.8) is 0 Å². The zero-order chi connectivity index (χ0) is 13.9. The summed E-state index contributed by atoms with van der Waals surface area (Å²) in [5, 5.41) is 0. The van der Waals surface area contributed by atoms with E-state index in [1.807, 2.05) is 12.1 Å². The van der Waals surface area contributed by atoms with Gasteiger partial charge in [0.1, 0.15) is 5.75 Å². The Morgan fingerprint density at radius 1 is 1.30 bits per heavy atom. The van der Waals surface area contributed by atoms with Crippen LogP contribution in [-0.4, -0.2) is 62.3 Å². The van der Waals surface area contributed by atoms with E-state index in [2.05, 4.69) is 29.0 Å². The minimum absolute atomic E-state index is 0.419. The molecule has 1 aromatic carbocycles. The smallest absolute Gasteiger partial charge is 0.123 e. The number of hydrogen-bond acceptors (Lipinski definition) is 4. The summed E-state index contributed by atoms with van der Waals surface area (Å²) in [7, 11) is 3.96. The number of rotatable bonds is 3. The predicted molar refractivity (Wildman–Crippen MR) is 79.0 cm³/mol. The number of fused-ring (bicyclic) bond motifs is 1. The van der Waals surface area contributed by atoms with Crippen LogP contribution < -0.4 is 4.74 Å². The standard InChI is InChI=1S/C16H24N2O2/c1-17-9-10-20-16-7-8-18(12-14(16)17)11-13-5-3-4-6-15(13)19-2/h3-6,14,16H,7-12H2,1-2H3/t14-,16-/m0/s1. The first-order valence-electron chi connectivity index (χ1n) is 7.44. The third-order valence-corrected chi connectivity index (χ3v) is 4.53. The van der Waals surface area contributed by atoms with Crippen molar-refractivity contribution in [2.24, 2.45) is 0 Å². The lowest BCUT2D eigenvalue weighted by Gasteiger charge is -2.45. The maximum atomic E-state index is 5.90. The number of morpholine rings is 1. The Morgan fingerprint density at radius 3 is 3.00 bits per heavy atom. The summed E-state index contributed by atoms with van der Waals surface area (Å²) in [5.41, 5.74) is 1.27. The molecule has 0 radical (unpaired) electrons. The maximum absolute atomic E-state index is 5.90. The van der Waals surface area contributed by atoms with Crippen molar-refractivity contribution in [2.75, 3.05) is 40.4 Å². The SMILES string of the molecule is COc1ccccc1CN1CC[C@@H]2OCCN(C)[C@H]2C1. The fraction of sp³-hybridized carbons (Fsp3) is 0.625. The molecule has 2 aliphatic heterocycles. The molecule has 0 saturated carbocycles.